The van der Waals surface area contributed by atoms with Gasteiger partial charge in [-0.15, -0.1) is 0 Å². The minimum Gasteiger partial charge on any atom is -0.311 e. The summed E-state index contributed by atoms with van der Waals surface area (Å²) in [7, 11) is 3.97. The zero-order valence-corrected chi connectivity index (χ0v) is 12.3. The van der Waals surface area contributed by atoms with Gasteiger partial charge in [0.05, 0.1) is 23.5 Å². The molecule has 2 atom stereocenters. The molecule has 0 bridgehead atoms. The first-order chi connectivity index (χ1) is 9.09. The number of likely N-dealkylation sites (N-methyl/N-ethyl adjacent to an activating group) is 1. The van der Waals surface area contributed by atoms with Crippen molar-refractivity contribution in [2.24, 2.45) is 0 Å². The summed E-state index contributed by atoms with van der Waals surface area (Å²) in [5, 5.41) is 7.86. The molecule has 1 aromatic rings. The van der Waals surface area contributed by atoms with Crippen LogP contribution in [0.1, 0.15) is 31.1 Å². The number of nitrogens with zero attached hydrogens (tertiary/aromatic N) is 3. The highest BCUT2D eigenvalue weighted by Gasteiger charge is 2.29. The van der Waals surface area contributed by atoms with Gasteiger partial charge in [-0.25, -0.2) is 4.39 Å². The average molecular weight is 289 g/mol. The molecule has 0 spiro atoms. The maximum absolute atomic E-state index is 14.7. The maximum Gasteiger partial charge on any atom is 0.158 e. The van der Waals surface area contributed by atoms with Crippen molar-refractivity contribution in [1.29, 1.82) is 0 Å². The molecular formula is C13H22ClFN4. The molecular weight excluding hydrogens is 267 g/mol. The van der Waals surface area contributed by atoms with Gasteiger partial charge in [0.2, 0.25) is 0 Å². The first kappa shape index (κ1) is 14.8. The van der Waals surface area contributed by atoms with Gasteiger partial charge in [-0.2, -0.15) is 5.10 Å². The van der Waals surface area contributed by atoms with Crippen molar-refractivity contribution < 1.29 is 4.39 Å². The number of nitrogens with one attached hydrogen (secondary N) is 1. The lowest BCUT2D eigenvalue weighted by Gasteiger charge is -2.27. The summed E-state index contributed by atoms with van der Waals surface area (Å²) in [6.45, 7) is 2.35. The molecule has 1 fully saturated rings. The smallest absolute Gasteiger partial charge is 0.158 e. The molecule has 0 radical (unpaired) electrons. The first-order valence-electron chi connectivity index (χ1n) is 6.83. The highest BCUT2D eigenvalue weighted by Crippen LogP contribution is 2.31. The van der Waals surface area contributed by atoms with E-state index in [2.05, 4.69) is 10.4 Å². The van der Waals surface area contributed by atoms with E-state index in [-0.39, 0.29) is 6.04 Å². The lowest BCUT2D eigenvalue weighted by Crippen LogP contribution is -2.38. The summed E-state index contributed by atoms with van der Waals surface area (Å²) >= 11 is 6.11. The molecule has 1 aromatic heterocycles. The Morgan fingerprint density at radius 1 is 1.58 bits per heavy atom. The minimum absolute atomic E-state index is 0.138. The van der Waals surface area contributed by atoms with Crippen molar-refractivity contribution in [2.75, 3.05) is 27.2 Å². The molecule has 0 amide bonds. The fourth-order valence-corrected chi connectivity index (χ4v) is 2.68. The van der Waals surface area contributed by atoms with E-state index < -0.39 is 6.17 Å². The molecule has 0 saturated carbocycles. The van der Waals surface area contributed by atoms with Crippen molar-refractivity contribution >= 4 is 11.6 Å². The van der Waals surface area contributed by atoms with Gasteiger partial charge in [-0.3, -0.25) is 4.68 Å². The third kappa shape index (κ3) is 3.68. The molecule has 19 heavy (non-hydrogen) atoms. The van der Waals surface area contributed by atoms with Crippen LogP contribution in [0.3, 0.4) is 0 Å². The van der Waals surface area contributed by atoms with E-state index in [1.807, 2.05) is 19.0 Å². The number of aromatic nitrogens is 2. The second-order valence-electron chi connectivity index (χ2n) is 5.36. The lowest BCUT2D eigenvalue weighted by molar-refractivity contribution is 0.207. The molecule has 2 unspecified atom stereocenters. The molecule has 1 N–H and O–H groups in total. The van der Waals surface area contributed by atoms with E-state index >= 15 is 0 Å². The van der Waals surface area contributed by atoms with E-state index in [1.165, 1.54) is 0 Å². The maximum atomic E-state index is 14.7. The zero-order chi connectivity index (χ0) is 13.8. The molecule has 1 saturated heterocycles. The number of rotatable bonds is 5. The van der Waals surface area contributed by atoms with Crippen molar-refractivity contribution in [2.45, 2.75) is 38.0 Å². The Balaban J connectivity index is 2.10. The first-order valence-corrected chi connectivity index (χ1v) is 7.21. The summed E-state index contributed by atoms with van der Waals surface area (Å²) in [5.74, 6) is 0. The molecule has 2 heterocycles. The predicted molar refractivity (Wildman–Crippen MR) is 75.3 cm³/mol. The van der Waals surface area contributed by atoms with Gasteiger partial charge < -0.3 is 10.2 Å². The van der Waals surface area contributed by atoms with E-state index in [0.717, 1.165) is 32.4 Å². The van der Waals surface area contributed by atoms with Crippen LogP contribution in [-0.4, -0.2) is 47.9 Å². The quantitative estimate of drug-likeness (QED) is 0.902. The van der Waals surface area contributed by atoms with Gasteiger partial charge in [0.15, 0.2) is 6.17 Å². The summed E-state index contributed by atoms with van der Waals surface area (Å²) in [5.41, 5.74) is 0.517. The number of hydrogen-bond acceptors (Lipinski definition) is 3. The van der Waals surface area contributed by atoms with Crippen molar-refractivity contribution in [3.63, 3.8) is 0 Å². The van der Waals surface area contributed by atoms with E-state index in [4.69, 9.17) is 11.6 Å². The van der Waals surface area contributed by atoms with Crippen LogP contribution < -0.4 is 5.32 Å². The summed E-state index contributed by atoms with van der Waals surface area (Å²) in [6.07, 6.45) is 3.51. The van der Waals surface area contributed by atoms with Crippen LogP contribution in [0, 0.1) is 0 Å². The highest BCUT2D eigenvalue weighted by atomic mass is 35.5. The lowest BCUT2D eigenvalue weighted by atomic mass is 9.99. The van der Waals surface area contributed by atoms with Crippen molar-refractivity contribution in [3.8, 4) is 0 Å². The van der Waals surface area contributed by atoms with Crippen LogP contribution in [0.5, 0.6) is 0 Å². The van der Waals surface area contributed by atoms with Crippen molar-refractivity contribution in [3.05, 3.63) is 16.9 Å². The van der Waals surface area contributed by atoms with Crippen LogP contribution in [-0.2, 0) is 6.54 Å². The Kier molecular flexibility index (Phi) is 5.19. The predicted octanol–water partition coefficient (Wildman–Crippen LogP) is 2.25. The van der Waals surface area contributed by atoms with Crippen LogP contribution >= 0.6 is 11.6 Å². The third-order valence-corrected chi connectivity index (χ3v) is 3.85. The third-order valence-electron chi connectivity index (χ3n) is 3.56. The second kappa shape index (κ2) is 6.68. The highest BCUT2D eigenvalue weighted by molar-refractivity contribution is 6.31. The Morgan fingerprint density at radius 2 is 2.37 bits per heavy atom. The SMILES string of the molecule is CN(C)CCn1ncc(Cl)c1C(F)C1CCCCN1. The fraction of sp³-hybridized carbons (Fsp3) is 0.769. The topological polar surface area (TPSA) is 33.1 Å². The van der Waals surface area contributed by atoms with Gasteiger partial charge in [0.25, 0.3) is 0 Å². The Hall–Kier alpha value is -0.650. The van der Waals surface area contributed by atoms with Gasteiger partial charge in [-0.05, 0) is 33.5 Å². The molecule has 108 valence electrons. The largest absolute Gasteiger partial charge is 0.311 e. The molecule has 0 aliphatic carbocycles. The monoisotopic (exact) mass is 288 g/mol. The molecule has 0 aromatic carbocycles. The van der Waals surface area contributed by atoms with Crippen molar-refractivity contribution in [1.82, 2.24) is 20.0 Å². The Bertz CT molecular complexity index is 401. The summed E-state index contributed by atoms with van der Waals surface area (Å²) in [6, 6.07) is -0.138. The second-order valence-corrected chi connectivity index (χ2v) is 5.77. The number of halogens is 2. The van der Waals surface area contributed by atoms with Gasteiger partial charge in [0.1, 0.15) is 0 Å². The minimum atomic E-state index is -1.09. The standard InChI is InChI=1S/C13H22ClFN4/c1-18(2)7-8-19-13(10(14)9-17-19)12(15)11-5-3-4-6-16-11/h9,11-12,16H,3-8H2,1-2H3. The fourth-order valence-electron chi connectivity index (χ4n) is 2.44. The zero-order valence-electron chi connectivity index (χ0n) is 11.6. The van der Waals surface area contributed by atoms with Gasteiger partial charge in [-0.1, -0.05) is 18.0 Å². The van der Waals surface area contributed by atoms with Crippen LogP contribution in [0.25, 0.3) is 0 Å². The van der Waals surface area contributed by atoms with E-state index in [1.54, 1.807) is 10.9 Å². The van der Waals surface area contributed by atoms with E-state index in [0.29, 0.717) is 17.3 Å². The number of alkyl halides is 1. The van der Waals surface area contributed by atoms with Gasteiger partial charge >= 0.3 is 0 Å². The molecule has 4 nitrogen and oxygen atoms in total. The average Bonchev–Trinajstić information content (AvgIpc) is 2.78. The molecule has 1 aliphatic rings. The number of piperidine rings is 1. The van der Waals surface area contributed by atoms with Gasteiger partial charge in [0, 0.05) is 12.6 Å². The van der Waals surface area contributed by atoms with Crippen LogP contribution in [0.2, 0.25) is 5.02 Å². The normalized spacial score (nSPS) is 21.8. The van der Waals surface area contributed by atoms with Crippen LogP contribution in [0.4, 0.5) is 4.39 Å². The van der Waals surface area contributed by atoms with E-state index in [9.17, 15) is 4.39 Å². The molecule has 2 rings (SSSR count). The summed E-state index contributed by atoms with van der Waals surface area (Å²) < 4.78 is 16.4. The number of hydrogen-bond donors (Lipinski definition) is 1. The summed E-state index contributed by atoms with van der Waals surface area (Å²) in [4.78, 5) is 2.05. The Morgan fingerprint density at radius 3 is 3.00 bits per heavy atom. The molecule has 6 heteroatoms. The Labute approximate surface area is 118 Å². The molecule has 1 aliphatic heterocycles. The van der Waals surface area contributed by atoms with Crippen LogP contribution in [0.15, 0.2) is 6.20 Å².